The third kappa shape index (κ3) is 6.22. The van der Waals surface area contributed by atoms with Gasteiger partial charge in [0.15, 0.2) is 0 Å². The molecule has 0 aromatic rings. The van der Waals surface area contributed by atoms with Crippen molar-refractivity contribution in [3.05, 3.63) is 23.8 Å². The Bertz CT molecular complexity index is 572. The van der Waals surface area contributed by atoms with Gasteiger partial charge in [-0.15, -0.1) is 17.7 Å². The Morgan fingerprint density at radius 3 is 2.96 bits per heavy atom. The number of unbranched alkanes of at least 4 members (excludes halogenated alkanes) is 1. The number of carbonyl (C=O) groups is 1. The van der Waals surface area contributed by atoms with Crippen molar-refractivity contribution < 1.29 is 20.1 Å². The van der Waals surface area contributed by atoms with Crippen LogP contribution in [0.3, 0.4) is 0 Å². The molecule has 2 saturated carbocycles. The van der Waals surface area contributed by atoms with Gasteiger partial charge in [-0.3, -0.25) is 4.79 Å². The Kier molecular flexibility index (Phi) is 8.08. The van der Waals surface area contributed by atoms with Gasteiger partial charge in [-0.05, 0) is 56.9 Å². The highest BCUT2D eigenvalue weighted by atomic mass is 32.2. The molecule has 1 unspecified atom stereocenters. The first-order valence-corrected chi connectivity index (χ1v) is 10.0. The average molecular weight is 365 g/mol. The molecule has 0 aromatic carbocycles. The number of aliphatic hydroxyl groups is 2. The summed E-state index contributed by atoms with van der Waals surface area (Å²) in [7, 11) is 0. The minimum atomic E-state index is -0.739. The molecule has 0 bridgehead atoms. The van der Waals surface area contributed by atoms with Crippen LogP contribution in [0.1, 0.15) is 45.4 Å². The van der Waals surface area contributed by atoms with E-state index < -0.39 is 11.4 Å². The summed E-state index contributed by atoms with van der Waals surface area (Å²) in [4.78, 5) is 10.6. The summed E-state index contributed by atoms with van der Waals surface area (Å²) in [5.41, 5.74) is 0.818. The maximum Gasteiger partial charge on any atom is 0.303 e. The highest BCUT2D eigenvalue weighted by Gasteiger charge is 2.44. The Hall–Kier alpha value is -1.22. The van der Waals surface area contributed by atoms with E-state index in [4.69, 9.17) is 5.11 Å². The van der Waals surface area contributed by atoms with E-state index in [0.29, 0.717) is 24.0 Å². The van der Waals surface area contributed by atoms with Crippen LogP contribution < -0.4 is 0 Å². The number of allylic oxidation sites excluding steroid dienone is 2. The van der Waals surface area contributed by atoms with Gasteiger partial charge in [0, 0.05) is 12.3 Å². The number of aliphatic carboxylic acids is 1. The van der Waals surface area contributed by atoms with Crippen LogP contribution in [0, 0.1) is 29.6 Å². The normalized spacial score (nSPS) is 31.1. The van der Waals surface area contributed by atoms with E-state index >= 15 is 0 Å². The number of hydrogen-bond donors (Lipinski definition) is 3. The quantitative estimate of drug-likeness (QED) is 0.267. The van der Waals surface area contributed by atoms with E-state index in [2.05, 4.69) is 17.9 Å². The Labute approximate surface area is 154 Å². The Morgan fingerprint density at radius 2 is 2.24 bits per heavy atom. The van der Waals surface area contributed by atoms with Crippen LogP contribution in [0.4, 0.5) is 0 Å². The molecule has 0 heterocycles. The third-order valence-corrected chi connectivity index (χ3v) is 5.95. The lowest BCUT2D eigenvalue weighted by molar-refractivity contribution is -0.137. The molecule has 0 saturated heterocycles. The highest BCUT2D eigenvalue weighted by Crippen LogP contribution is 2.50. The summed E-state index contributed by atoms with van der Waals surface area (Å²) < 4.78 is 0. The van der Waals surface area contributed by atoms with Crippen LogP contribution in [0.15, 0.2) is 23.8 Å². The number of carboxylic acid groups (broad SMARTS) is 1. The zero-order valence-electron chi connectivity index (χ0n) is 14.7. The number of hydrogen-bond acceptors (Lipinski definition) is 4. The molecule has 0 spiro atoms. The zero-order valence-corrected chi connectivity index (χ0v) is 15.5. The van der Waals surface area contributed by atoms with Gasteiger partial charge in [-0.1, -0.05) is 23.6 Å². The highest BCUT2D eigenvalue weighted by molar-refractivity contribution is 8.00. The van der Waals surface area contributed by atoms with Gasteiger partial charge in [-0.2, -0.15) is 0 Å². The topological polar surface area (TPSA) is 77.8 Å². The van der Waals surface area contributed by atoms with E-state index in [0.717, 1.165) is 25.7 Å². The van der Waals surface area contributed by atoms with Crippen molar-refractivity contribution in [2.75, 3.05) is 5.75 Å². The summed E-state index contributed by atoms with van der Waals surface area (Å²) in [6.07, 6.45) is 10.2. The number of rotatable bonds is 8. The molecule has 5 atom stereocenters. The SMILES string of the molecule is CC#CCS[C@H](O)/C=C/C1[C@H](O)C[C@@H]2C/C(=C\CCCC(=O)O)C[C@H]12. The molecule has 0 amide bonds. The summed E-state index contributed by atoms with van der Waals surface area (Å²) in [6.45, 7) is 1.78. The molecular weight excluding hydrogens is 336 g/mol. The van der Waals surface area contributed by atoms with Crippen molar-refractivity contribution >= 4 is 17.7 Å². The van der Waals surface area contributed by atoms with E-state index in [1.165, 1.54) is 17.3 Å². The molecule has 0 radical (unpaired) electrons. The molecular formula is C20H28O4S. The van der Waals surface area contributed by atoms with Crippen molar-refractivity contribution in [3.63, 3.8) is 0 Å². The van der Waals surface area contributed by atoms with Crippen molar-refractivity contribution in [3.8, 4) is 11.8 Å². The molecule has 2 aliphatic carbocycles. The largest absolute Gasteiger partial charge is 0.481 e. The smallest absolute Gasteiger partial charge is 0.303 e. The van der Waals surface area contributed by atoms with Crippen LogP contribution >= 0.6 is 11.8 Å². The first-order valence-electron chi connectivity index (χ1n) is 8.96. The van der Waals surface area contributed by atoms with Gasteiger partial charge in [0.05, 0.1) is 11.9 Å². The van der Waals surface area contributed by atoms with Crippen molar-refractivity contribution in [2.24, 2.45) is 17.8 Å². The lowest BCUT2D eigenvalue weighted by Gasteiger charge is -2.17. The fraction of sp³-hybridized carbons (Fsp3) is 0.650. The molecule has 2 aliphatic rings. The first-order chi connectivity index (χ1) is 12.0. The van der Waals surface area contributed by atoms with Crippen molar-refractivity contribution in [1.29, 1.82) is 0 Å². The van der Waals surface area contributed by atoms with E-state index in [1.54, 1.807) is 13.0 Å². The van der Waals surface area contributed by atoms with Gasteiger partial charge in [0.2, 0.25) is 0 Å². The van der Waals surface area contributed by atoms with Crippen LogP contribution in [0.5, 0.6) is 0 Å². The van der Waals surface area contributed by atoms with Gasteiger partial charge < -0.3 is 15.3 Å². The number of aliphatic hydroxyl groups excluding tert-OH is 2. The average Bonchev–Trinajstić information content (AvgIpc) is 3.06. The lowest BCUT2D eigenvalue weighted by Crippen LogP contribution is -2.17. The second kappa shape index (κ2) is 10.1. The van der Waals surface area contributed by atoms with Gasteiger partial charge in [0.1, 0.15) is 5.44 Å². The first kappa shape index (κ1) is 20.1. The van der Waals surface area contributed by atoms with E-state index in [1.807, 2.05) is 6.08 Å². The lowest BCUT2D eigenvalue weighted by atomic mass is 9.91. The van der Waals surface area contributed by atoms with Crippen LogP contribution in [0.25, 0.3) is 0 Å². The van der Waals surface area contributed by atoms with Crippen LogP contribution in [-0.2, 0) is 4.79 Å². The number of carboxylic acids is 1. The standard InChI is InChI=1S/C20H28O4S/c1-2-3-10-25-20(24)9-8-16-17-12-14(6-4-5-7-19(22)23)11-15(17)13-18(16)21/h6,8-9,15-18,20-21,24H,4-5,7,10-13H2,1H3,(H,22,23)/b9-8+,14-6+/t15-,16?,17-,18+,20-/m0/s1. The molecule has 2 rings (SSSR count). The maximum atomic E-state index is 10.6. The maximum absolute atomic E-state index is 10.6. The van der Waals surface area contributed by atoms with Crippen molar-refractivity contribution in [2.45, 2.75) is 57.0 Å². The summed E-state index contributed by atoms with van der Waals surface area (Å²) in [5, 5.41) is 29.0. The van der Waals surface area contributed by atoms with E-state index in [-0.39, 0.29) is 18.4 Å². The number of fused-ring (bicyclic) bond motifs is 1. The molecule has 4 nitrogen and oxygen atoms in total. The Balaban J connectivity index is 1.85. The minimum Gasteiger partial charge on any atom is -0.481 e. The Morgan fingerprint density at radius 1 is 1.44 bits per heavy atom. The molecule has 0 aliphatic heterocycles. The molecule has 25 heavy (non-hydrogen) atoms. The van der Waals surface area contributed by atoms with Crippen LogP contribution in [-0.4, -0.2) is 38.6 Å². The monoisotopic (exact) mass is 364 g/mol. The third-order valence-electron chi connectivity index (χ3n) is 5.14. The van der Waals surface area contributed by atoms with E-state index in [9.17, 15) is 15.0 Å². The fourth-order valence-corrected chi connectivity index (χ4v) is 4.58. The number of thioether (sulfide) groups is 1. The molecule has 0 aromatic heterocycles. The zero-order chi connectivity index (χ0) is 18.2. The molecule has 138 valence electrons. The fourth-order valence-electron chi connectivity index (χ4n) is 3.98. The summed E-state index contributed by atoms with van der Waals surface area (Å²) >= 11 is 1.38. The van der Waals surface area contributed by atoms with Gasteiger partial charge in [-0.25, -0.2) is 0 Å². The molecule has 5 heteroatoms. The van der Waals surface area contributed by atoms with Crippen LogP contribution in [0.2, 0.25) is 0 Å². The predicted octanol–water partition coefficient (Wildman–Crippen LogP) is 3.21. The minimum absolute atomic E-state index is 0.0995. The predicted molar refractivity (Wildman–Crippen MR) is 101 cm³/mol. The van der Waals surface area contributed by atoms with Gasteiger partial charge in [0.25, 0.3) is 0 Å². The summed E-state index contributed by atoms with van der Waals surface area (Å²) in [6, 6.07) is 0. The second-order valence-corrected chi connectivity index (χ2v) is 7.98. The molecule has 2 fully saturated rings. The van der Waals surface area contributed by atoms with Gasteiger partial charge >= 0.3 is 5.97 Å². The summed E-state index contributed by atoms with van der Waals surface area (Å²) in [5.74, 6) is 6.62. The molecule has 3 N–H and O–H groups in total. The second-order valence-electron chi connectivity index (χ2n) is 6.87. The van der Waals surface area contributed by atoms with Crippen molar-refractivity contribution in [1.82, 2.24) is 0 Å².